The number of rotatable bonds is 1. The van der Waals surface area contributed by atoms with Crippen molar-refractivity contribution < 1.29 is 18.0 Å². The summed E-state index contributed by atoms with van der Waals surface area (Å²) in [7, 11) is 0. The average Bonchev–Trinajstić information content (AvgIpc) is 2.86. The van der Waals surface area contributed by atoms with Gasteiger partial charge in [0.05, 0.1) is 5.52 Å². The van der Waals surface area contributed by atoms with Crippen LogP contribution in [0.1, 0.15) is 42.6 Å². The van der Waals surface area contributed by atoms with Crippen molar-refractivity contribution in [2.75, 3.05) is 5.73 Å². The topological polar surface area (TPSA) is 48.0 Å². The second-order valence-electron chi connectivity index (χ2n) is 5.85. The zero-order valence-electron chi connectivity index (χ0n) is 12.0. The molecule has 1 aromatic heterocycles. The van der Waals surface area contributed by atoms with Crippen molar-refractivity contribution in [3.8, 4) is 0 Å². The molecule has 118 valence electrons. The molecule has 1 fully saturated rings. The number of alkyl halides is 3. The number of carbonyl (C=O) groups excluding carboxylic acids is 1. The maximum atomic E-state index is 13.3. The Morgan fingerprint density at radius 1 is 1.14 bits per heavy atom. The van der Waals surface area contributed by atoms with Crippen LogP contribution in [0.5, 0.6) is 0 Å². The summed E-state index contributed by atoms with van der Waals surface area (Å²) in [6.07, 6.45) is -0.430. The number of benzene rings is 1. The van der Waals surface area contributed by atoms with Crippen molar-refractivity contribution in [3.63, 3.8) is 0 Å². The standard InChI is InChI=1S/C16H17F3N2O/c17-16(18,19)14-9-11-8-12(20)6-7-13(11)21(14)15(22)10-4-2-1-3-5-10/h6-10H,1-5,20H2. The Morgan fingerprint density at radius 2 is 1.82 bits per heavy atom. The number of halogens is 3. The normalized spacial score (nSPS) is 17.0. The van der Waals surface area contributed by atoms with Crippen LogP contribution in [0.2, 0.25) is 0 Å². The molecule has 2 N–H and O–H groups in total. The summed E-state index contributed by atoms with van der Waals surface area (Å²) < 4.78 is 40.8. The Labute approximate surface area is 125 Å². The predicted octanol–water partition coefficient (Wildman–Crippen LogP) is 4.46. The molecule has 0 radical (unpaired) electrons. The zero-order valence-corrected chi connectivity index (χ0v) is 12.0. The fourth-order valence-corrected chi connectivity index (χ4v) is 3.21. The second-order valence-corrected chi connectivity index (χ2v) is 5.85. The highest BCUT2D eigenvalue weighted by Gasteiger charge is 2.38. The summed E-state index contributed by atoms with van der Waals surface area (Å²) in [6.45, 7) is 0. The molecule has 0 amide bonds. The average molecular weight is 310 g/mol. The third-order valence-corrected chi connectivity index (χ3v) is 4.29. The van der Waals surface area contributed by atoms with Gasteiger partial charge < -0.3 is 5.73 Å². The van der Waals surface area contributed by atoms with Gasteiger partial charge in [0.1, 0.15) is 5.69 Å². The van der Waals surface area contributed by atoms with Crippen molar-refractivity contribution in [2.45, 2.75) is 38.3 Å². The van der Waals surface area contributed by atoms with Gasteiger partial charge >= 0.3 is 6.18 Å². The molecule has 3 nitrogen and oxygen atoms in total. The molecule has 6 heteroatoms. The van der Waals surface area contributed by atoms with E-state index in [4.69, 9.17) is 5.73 Å². The maximum absolute atomic E-state index is 13.3. The van der Waals surface area contributed by atoms with Crippen molar-refractivity contribution in [1.82, 2.24) is 4.57 Å². The summed E-state index contributed by atoms with van der Waals surface area (Å²) >= 11 is 0. The molecule has 3 rings (SSSR count). The first-order chi connectivity index (χ1) is 10.4. The number of aromatic nitrogens is 1. The summed E-state index contributed by atoms with van der Waals surface area (Å²) in [4.78, 5) is 12.7. The van der Waals surface area contributed by atoms with Crippen LogP contribution < -0.4 is 5.73 Å². The van der Waals surface area contributed by atoms with E-state index in [1.807, 2.05) is 0 Å². The van der Waals surface area contributed by atoms with Gasteiger partial charge in [0.25, 0.3) is 0 Å². The Kier molecular flexibility index (Phi) is 3.62. The minimum absolute atomic E-state index is 0.275. The number of hydrogen-bond donors (Lipinski definition) is 1. The number of carbonyl (C=O) groups is 1. The van der Waals surface area contributed by atoms with Gasteiger partial charge in [0, 0.05) is 17.0 Å². The van der Waals surface area contributed by atoms with Crippen molar-refractivity contribution in [2.24, 2.45) is 5.92 Å². The molecule has 0 bridgehead atoms. The Bertz CT molecular complexity index is 712. The molecule has 1 aliphatic carbocycles. The fourth-order valence-electron chi connectivity index (χ4n) is 3.21. The molecular weight excluding hydrogens is 293 g/mol. The van der Waals surface area contributed by atoms with Gasteiger partial charge in [-0.1, -0.05) is 19.3 Å². The number of nitrogens with two attached hydrogens (primary N) is 1. The fraction of sp³-hybridized carbons (Fsp3) is 0.438. The number of anilines is 1. The lowest BCUT2D eigenvalue weighted by molar-refractivity contribution is -0.142. The van der Waals surface area contributed by atoms with Crippen molar-refractivity contribution in [3.05, 3.63) is 30.0 Å². The summed E-state index contributed by atoms with van der Waals surface area (Å²) in [5.41, 5.74) is 5.38. The molecule has 2 aromatic rings. The first kappa shape index (κ1) is 14.9. The second kappa shape index (κ2) is 5.34. The molecular formula is C16H17F3N2O. The number of hydrogen-bond acceptors (Lipinski definition) is 2. The highest BCUT2D eigenvalue weighted by atomic mass is 19.4. The minimum Gasteiger partial charge on any atom is -0.399 e. The Hall–Kier alpha value is -1.98. The van der Waals surface area contributed by atoms with Crippen LogP contribution in [-0.4, -0.2) is 10.5 Å². The summed E-state index contributed by atoms with van der Waals surface area (Å²) in [6, 6.07) is 5.48. The van der Waals surface area contributed by atoms with E-state index in [2.05, 4.69) is 0 Å². The van der Waals surface area contributed by atoms with E-state index in [0.717, 1.165) is 29.9 Å². The SMILES string of the molecule is Nc1ccc2c(c1)cc(C(F)(F)F)n2C(=O)C1CCCCC1. The highest BCUT2D eigenvalue weighted by molar-refractivity contribution is 5.96. The van der Waals surface area contributed by atoms with Crippen LogP contribution in [-0.2, 0) is 6.18 Å². The molecule has 0 saturated heterocycles. The summed E-state index contributed by atoms with van der Waals surface area (Å²) in [5, 5.41) is 0.344. The quantitative estimate of drug-likeness (QED) is 0.790. The first-order valence-electron chi connectivity index (χ1n) is 7.40. The van der Waals surface area contributed by atoms with Gasteiger partial charge in [-0.2, -0.15) is 13.2 Å². The largest absolute Gasteiger partial charge is 0.431 e. The minimum atomic E-state index is -4.57. The van der Waals surface area contributed by atoms with Gasteiger partial charge in [-0.25, -0.2) is 0 Å². The third-order valence-electron chi connectivity index (χ3n) is 4.29. The summed E-state index contributed by atoms with van der Waals surface area (Å²) in [5.74, 6) is -0.783. The first-order valence-corrected chi connectivity index (χ1v) is 7.40. The smallest absolute Gasteiger partial charge is 0.399 e. The van der Waals surface area contributed by atoms with Gasteiger partial charge in [0.15, 0.2) is 0 Å². The Morgan fingerprint density at radius 3 is 2.45 bits per heavy atom. The molecule has 1 saturated carbocycles. The zero-order chi connectivity index (χ0) is 15.9. The molecule has 0 atom stereocenters. The molecule has 0 unspecified atom stereocenters. The van der Waals surface area contributed by atoms with E-state index in [1.54, 1.807) is 0 Å². The lowest BCUT2D eigenvalue weighted by Gasteiger charge is -2.22. The van der Waals surface area contributed by atoms with Gasteiger partial charge in [-0.05, 0) is 37.1 Å². The Balaban J connectivity index is 2.15. The van der Waals surface area contributed by atoms with Gasteiger partial charge in [-0.15, -0.1) is 0 Å². The predicted molar refractivity (Wildman–Crippen MR) is 78.6 cm³/mol. The lowest BCUT2D eigenvalue weighted by Crippen LogP contribution is -2.27. The van der Waals surface area contributed by atoms with E-state index in [-0.39, 0.29) is 11.4 Å². The highest BCUT2D eigenvalue weighted by Crippen LogP contribution is 2.36. The van der Waals surface area contributed by atoms with Crippen LogP contribution in [0, 0.1) is 5.92 Å². The van der Waals surface area contributed by atoms with E-state index in [0.29, 0.717) is 23.9 Å². The van der Waals surface area contributed by atoms with Crippen molar-refractivity contribution >= 4 is 22.5 Å². The van der Waals surface area contributed by atoms with E-state index < -0.39 is 17.8 Å². The third kappa shape index (κ3) is 2.58. The van der Waals surface area contributed by atoms with E-state index >= 15 is 0 Å². The molecule has 1 aromatic carbocycles. The van der Waals surface area contributed by atoms with Gasteiger partial charge in [-0.3, -0.25) is 9.36 Å². The maximum Gasteiger partial charge on any atom is 0.431 e. The number of nitrogens with zero attached hydrogens (tertiary/aromatic N) is 1. The molecule has 0 spiro atoms. The number of fused-ring (bicyclic) bond motifs is 1. The van der Waals surface area contributed by atoms with Gasteiger partial charge in [0.2, 0.25) is 5.91 Å². The van der Waals surface area contributed by atoms with Crippen LogP contribution in [0.3, 0.4) is 0 Å². The van der Waals surface area contributed by atoms with Crippen molar-refractivity contribution in [1.29, 1.82) is 0 Å². The molecule has 22 heavy (non-hydrogen) atoms. The van der Waals surface area contributed by atoms with E-state index in [9.17, 15) is 18.0 Å². The molecule has 0 aliphatic heterocycles. The lowest BCUT2D eigenvalue weighted by atomic mass is 9.88. The molecule has 1 aliphatic rings. The molecule has 1 heterocycles. The van der Waals surface area contributed by atoms with E-state index in [1.165, 1.54) is 18.2 Å². The van der Waals surface area contributed by atoms with Crippen LogP contribution in [0.4, 0.5) is 18.9 Å². The van der Waals surface area contributed by atoms with Crippen LogP contribution >= 0.6 is 0 Å². The van der Waals surface area contributed by atoms with Crippen LogP contribution in [0.25, 0.3) is 10.9 Å². The van der Waals surface area contributed by atoms with Crippen LogP contribution in [0.15, 0.2) is 24.3 Å². The monoisotopic (exact) mass is 310 g/mol. The number of nitrogen functional groups attached to an aromatic ring is 1.